The molecule has 0 radical (unpaired) electrons. The molecule has 0 aromatic heterocycles. The van der Waals surface area contributed by atoms with Crippen molar-refractivity contribution in [3.63, 3.8) is 0 Å². The van der Waals surface area contributed by atoms with Crippen LogP contribution in [0.2, 0.25) is 0 Å². The Morgan fingerprint density at radius 3 is 2.33 bits per heavy atom. The number of rotatable bonds is 2. The van der Waals surface area contributed by atoms with Gasteiger partial charge in [0.2, 0.25) is 0 Å². The van der Waals surface area contributed by atoms with Gasteiger partial charge in [0, 0.05) is 10.5 Å². The Kier molecular flexibility index (Phi) is 3.92. The van der Waals surface area contributed by atoms with Crippen molar-refractivity contribution >= 4 is 38.5 Å². The fourth-order valence-corrected chi connectivity index (χ4v) is 1.94. The standard InChI is InChI=1S/C8H3Cl2F3OS/c9-7(14)5-2-1-4(8(11,12)13)3-6(5)15-10/h1-3H. The normalized spacial score (nSPS) is 11.5. The number of carbonyl (C=O) groups excluding carboxylic acids is 1. The van der Waals surface area contributed by atoms with E-state index in [1.54, 1.807) is 0 Å². The molecular formula is C8H3Cl2F3OS. The van der Waals surface area contributed by atoms with Crippen LogP contribution in [-0.4, -0.2) is 5.24 Å². The summed E-state index contributed by atoms with van der Waals surface area (Å²) in [6.45, 7) is 0. The first kappa shape index (κ1) is 12.7. The van der Waals surface area contributed by atoms with Crippen LogP contribution in [0.4, 0.5) is 13.2 Å². The quantitative estimate of drug-likeness (QED) is 0.747. The Morgan fingerprint density at radius 1 is 1.33 bits per heavy atom. The van der Waals surface area contributed by atoms with E-state index in [0.717, 1.165) is 18.2 Å². The van der Waals surface area contributed by atoms with Gasteiger partial charge in [-0.25, -0.2) is 0 Å². The van der Waals surface area contributed by atoms with Gasteiger partial charge in [-0.1, -0.05) is 0 Å². The molecule has 0 aliphatic carbocycles. The van der Waals surface area contributed by atoms with E-state index in [9.17, 15) is 18.0 Å². The number of hydrogen-bond acceptors (Lipinski definition) is 2. The van der Waals surface area contributed by atoms with E-state index in [4.69, 9.17) is 22.3 Å². The van der Waals surface area contributed by atoms with Crippen LogP contribution in [-0.2, 0) is 6.18 Å². The molecule has 0 saturated carbocycles. The average Bonchev–Trinajstić information content (AvgIpc) is 2.15. The predicted octanol–water partition coefficient (Wildman–Crippen LogP) is 4.33. The summed E-state index contributed by atoms with van der Waals surface area (Å²) in [6, 6.07) is 2.57. The van der Waals surface area contributed by atoms with Gasteiger partial charge in [0.1, 0.15) is 0 Å². The molecular weight excluding hydrogens is 272 g/mol. The summed E-state index contributed by atoms with van der Waals surface area (Å²) in [5.41, 5.74) is -0.906. The molecule has 0 amide bonds. The first-order valence-electron chi connectivity index (χ1n) is 3.56. The van der Waals surface area contributed by atoms with E-state index >= 15 is 0 Å². The summed E-state index contributed by atoms with van der Waals surface area (Å²) in [7, 11) is 5.86. The van der Waals surface area contributed by atoms with E-state index in [1.807, 2.05) is 0 Å². The second kappa shape index (κ2) is 4.63. The lowest BCUT2D eigenvalue weighted by molar-refractivity contribution is -0.137. The zero-order chi connectivity index (χ0) is 11.6. The zero-order valence-corrected chi connectivity index (χ0v) is 9.27. The minimum atomic E-state index is -4.46. The molecule has 0 aliphatic rings. The lowest BCUT2D eigenvalue weighted by Gasteiger charge is -2.08. The van der Waals surface area contributed by atoms with E-state index in [-0.39, 0.29) is 10.5 Å². The molecule has 15 heavy (non-hydrogen) atoms. The molecule has 0 saturated heterocycles. The van der Waals surface area contributed by atoms with Crippen molar-refractivity contribution in [2.24, 2.45) is 0 Å². The number of carbonyl (C=O) groups is 1. The third kappa shape index (κ3) is 3.03. The van der Waals surface area contributed by atoms with E-state index in [0.29, 0.717) is 11.0 Å². The van der Waals surface area contributed by atoms with Gasteiger partial charge in [-0.2, -0.15) is 13.2 Å². The smallest absolute Gasteiger partial charge is 0.276 e. The van der Waals surface area contributed by atoms with Gasteiger partial charge < -0.3 is 0 Å². The fraction of sp³-hybridized carbons (Fsp3) is 0.125. The average molecular weight is 275 g/mol. The predicted molar refractivity (Wildman–Crippen MR) is 53.3 cm³/mol. The summed E-state index contributed by atoms with van der Waals surface area (Å²) < 4.78 is 36.8. The second-order valence-electron chi connectivity index (χ2n) is 2.56. The maximum Gasteiger partial charge on any atom is 0.416 e. The maximum absolute atomic E-state index is 12.3. The molecule has 7 heteroatoms. The summed E-state index contributed by atoms with van der Waals surface area (Å²) in [5, 5.41) is -0.841. The second-order valence-corrected chi connectivity index (χ2v) is 3.96. The topological polar surface area (TPSA) is 17.1 Å². The molecule has 0 aliphatic heterocycles. The van der Waals surface area contributed by atoms with Gasteiger partial charge in [0.05, 0.1) is 5.56 Å². The number of hydrogen-bond donors (Lipinski definition) is 0. The monoisotopic (exact) mass is 274 g/mol. The van der Waals surface area contributed by atoms with Crippen LogP contribution in [0, 0.1) is 0 Å². The van der Waals surface area contributed by atoms with Gasteiger partial charge in [-0.05, 0) is 51.5 Å². The Balaban J connectivity index is 3.25. The molecule has 0 unspecified atom stereocenters. The van der Waals surface area contributed by atoms with Gasteiger partial charge in [-0.15, -0.1) is 0 Å². The molecule has 0 heterocycles. The van der Waals surface area contributed by atoms with Crippen molar-refractivity contribution in [2.75, 3.05) is 0 Å². The van der Waals surface area contributed by atoms with Crippen molar-refractivity contribution in [1.29, 1.82) is 0 Å². The third-order valence-corrected chi connectivity index (χ3v) is 2.81. The minimum Gasteiger partial charge on any atom is -0.276 e. The van der Waals surface area contributed by atoms with E-state index < -0.39 is 17.0 Å². The zero-order valence-electron chi connectivity index (χ0n) is 6.94. The molecule has 0 fully saturated rings. The molecule has 1 aromatic rings. The molecule has 0 atom stereocenters. The van der Waals surface area contributed by atoms with Gasteiger partial charge in [0.25, 0.3) is 5.24 Å². The van der Waals surface area contributed by atoms with E-state index in [1.165, 1.54) is 0 Å². The molecule has 1 aromatic carbocycles. The highest BCUT2D eigenvalue weighted by molar-refractivity contribution is 8.21. The molecule has 1 rings (SSSR count). The van der Waals surface area contributed by atoms with Gasteiger partial charge >= 0.3 is 6.18 Å². The Bertz CT molecular complexity index is 392. The molecule has 0 bridgehead atoms. The van der Waals surface area contributed by atoms with Crippen molar-refractivity contribution < 1.29 is 18.0 Å². The fourth-order valence-electron chi connectivity index (χ4n) is 0.925. The van der Waals surface area contributed by atoms with Gasteiger partial charge in [-0.3, -0.25) is 4.79 Å². The van der Waals surface area contributed by atoms with Crippen molar-refractivity contribution in [3.8, 4) is 0 Å². The van der Waals surface area contributed by atoms with Crippen LogP contribution < -0.4 is 0 Å². The highest BCUT2D eigenvalue weighted by Gasteiger charge is 2.31. The molecule has 0 N–H and O–H groups in total. The lowest BCUT2D eigenvalue weighted by Crippen LogP contribution is -2.06. The largest absolute Gasteiger partial charge is 0.416 e. The van der Waals surface area contributed by atoms with Crippen molar-refractivity contribution in [2.45, 2.75) is 11.1 Å². The van der Waals surface area contributed by atoms with Crippen molar-refractivity contribution in [3.05, 3.63) is 29.3 Å². The third-order valence-electron chi connectivity index (χ3n) is 1.60. The van der Waals surface area contributed by atoms with Crippen LogP contribution in [0.25, 0.3) is 0 Å². The Morgan fingerprint density at radius 2 is 1.93 bits per heavy atom. The maximum atomic E-state index is 12.3. The summed E-state index contributed by atoms with van der Waals surface area (Å²) in [6.07, 6.45) is -4.46. The van der Waals surface area contributed by atoms with Crippen molar-refractivity contribution in [1.82, 2.24) is 0 Å². The highest BCUT2D eigenvalue weighted by atomic mass is 35.7. The Labute approximate surface area is 97.1 Å². The highest BCUT2D eigenvalue weighted by Crippen LogP contribution is 2.35. The Hall–Kier alpha value is -0.390. The minimum absolute atomic E-state index is 0.00788. The summed E-state index contributed by atoms with van der Waals surface area (Å²) >= 11 is 5.16. The number of alkyl halides is 3. The van der Waals surface area contributed by atoms with Crippen LogP contribution in [0.15, 0.2) is 23.1 Å². The molecule has 0 spiro atoms. The van der Waals surface area contributed by atoms with Crippen LogP contribution in [0.3, 0.4) is 0 Å². The van der Waals surface area contributed by atoms with Crippen LogP contribution >= 0.6 is 33.3 Å². The van der Waals surface area contributed by atoms with E-state index in [2.05, 4.69) is 0 Å². The lowest BCUT2D eigenvalue weighted by atomic mass is 10.1. The SMILES string of the molecule is O=C(Cl)c1ccc(C(F)(F)F)cc1SCl. The molecule has 1 nitrogen and oxygen atoms in total. The molecule has 82 valence electrons. The number of halogens is 5. The first-order valence-corrected chi connectivity index (χ1v) is 5.58. The number of benzene rings is 1. The van der Waals surface area contributed by atoms with Crippen LogP contribution in [0.1, 0.15) is 15.9 Å². The van der Waals surface area contributed by atoms with Crippen LogP contribution in [0.5, 0.6) is 0 Å². The summed E-state index contributed by atoms with van der Waals surface area (Å²) in [4.78, 5) is 10.8. The van der Waals surface area contributed by atoms with Gasteiger partial charge in [0.15, 0.2) is 0 Å². The summed E-state index contributed by atoms with van der Waals surface area (Å²) in [5.74, 6) is 0. The first-order chi connectivity index (χ1) is 6.86.